The van der Waals surface area contributed by atoms with Crippen molar-refractivity contribution in [1.29, 1.82) is 0 Å². The summed E-state index contributed by atoms with van der Waals surface area (Å²) in [4.78, 5) is 7.86. The normalized spacial score (nSPS) is 10.7. The third-order valence-electron chi connectivity index (χ3n) is 3.58. The first kappa shape index (κ1) is 21.0. The molecule has 0 atom stereocenters. The minimum Gasteiger partial charge on any atom is -0.365 e. The van der Waals surface area contributed by atoms with Crippen LogP contribution in [0.2, 0.25) is 5.28 Å². The molecule has 0 fully saturated rings. The van der Waals surface area contributed by atoms with Gasteiger partial charge in [-0.25, -0.2) is 27.5 Å². The molecular formula is C18H15BClF4N3. The molecule has 140 valence electrons. The second-order valence-corrected chi connectivity index (χ2v) is 5.54. The maximum Gasteiger partial charge on any atom is 0.266 e. The number of rotatable bonds is 4. The Labute approximate surface area is 160 Å². The molecule has 1 N–H and O–H groups in total. The van der Waals surface area contributed by atoms with Crippen molar-refractivity contribution in [2.75, 3.05) is 5.32 Å². The van der Waals surface area contributed by atoms with Gasteiger partial charge in [0.15, 0.2) is 0 Å². The Kier molecular flexibility index (Phi) is 7.01. The van der Waals surface area contributed by atoms with Gasteiger partial charge in [-0.15, -0.1) is 0 Å². The maximum absolute atomic E-state index is 14.1. The van der Waals surface area contributed by atoms with Crippen molar-refractivity contribution < 1.29 is 17.6 Å². The van der Waals surface area contributed by atoms with Gasteiger partial charge < -0.3 is 5.32 Å². The van der Waals surface area contributed by atoms with Gasteiger partial charge in [0.1, 0.15) is 25.3 Å². The van der Waals surface area contributed by atoms with E-state index < -0.39 is 23.6 Å². The lowest BCUT2D eigenvalue weighted by molar-refractivity contribution is 0.146. The van der Waals surface area contributed by atoms with E-state index in [2.05, 4.69) is 15.3 Å². The number of aromatic nitrogens is 2. The molecule has 9 heteroatoms. The van der Waals surface area contributed by atoms with Gasteiger partial charge in [-0.3, -0.25) is 0 Å². The van der Waals surface area contributed by atoms with E-state index >= 15 is 0 Å². The first-order chi connectivity index (χ1) is 12.9. The molecule has 0 amide bonds. The fourth-order valence-corrected chi connectivity index (χ4v) is 2.53. The Morgan fingerprint density at radius 2 is 1.85 bits per heavy atom. The molecular weight excluding hydrogens is 380 g/mol. The summed E-state index contributed by atoms with van der Waals surface area (Å²) in [5, 5.41) is 3.02. The summed E-state index contributed by atoms with van der Waals surface area (Å²) < 4.78 is 53.2. The van der Waals surface area contributed by atoms with E-state index in [1.54, 1.807) is 0 Å². The predicted molar refractivity (Wildman–Crippen MR) is 99.9 cm³/mol. The minimum absolute atomic E-state index is 0.0239. The van der Waals surface area contributed by atoms with E-state index in [-0.39, 0.29) is 34.2 Å². The van der Waals surface area contributed by atoms with Crippen LogP contribution in [-0.4, -0.2) is 17.8 Å². The van der Waals surface area contributed by atoms with Crippen molar-refractivity contribution in [2.24, 2.45) is 0 Å². The molecule has 2 radical (unpaired) electrons. The number of benzene rings is 2. The highest BCUT2D eigenvalue weighted by Crippen LogP contribution is 2.26. The molecule has 1 heterocycles. The summed E-state index contributed by atoms with van der Waals surface area (Å²) in [5.74, 6) is -1.48. The molecule has 0 saturated heterocycles. The fraction of sp³-hybridized carbons (Fsp3) is 0.222. The predicted octanol–water partition coefficient (Wildman–Crippen LogP) is 4.93. The van der Waals surface area contributed by atoms with Gasteiger partial charge in [0.25, 0.3) is 6.43 Å². The zero-order valence-electron chi connectivity index (χ0n) is 14.5. The molecule has 27 heavy (non-hydrogen) atoms. The van der Waals surface area contributed by atoms with Gasteiger partial charge in [-0.05, 0) is 17.7 Å². The first-order valence-corrected chi connectivity index (χ1v) is 8.46. The molecule has 0 aliphatic rings. The number of halogens is 5. The average Bonchev–Trinajstić information content (AvgIpc) is 2.63. The monoisotopic (exact) mass is 395 g/mol. The first-order valence-electron chi connectivity index (χ1n) is 8.08. The Balaban J connectivity index is 0.00000126. The van der Waals surface area contributed by atoms with Crippen molar-refractivity contribution in [3.63, 3.8) is 0 Å². The van der Waals surface area contributed by atoms with E-state index in [1.165, 1.54) is 18.2 Å². The average molecular weight is 396 g/mol. The summed E-state index contributed by atoms with van der Waals surface area (Å²) >= 11 is 5.81. The minimum atomic E-state index is -2.92. The number of hydrogen-bond donors (Lipinski definition) is 1. The Bertz CT molecular complexity index is 954. The third kappa shape index (κ3) is 4.69. The number of nitrogens with zero attached hydrogens (tertiary/aromatic N) is 2. The summed E-state index contributed by atoms with van der Waals surface area (Å²) in [6.45, 7) is 3.87. The van der Waals surface area contributed by atoms with Gasteiger partial charge in [-0.2, -0.15) is 0 Å². The van der Waals surface area contributed by atoms with Crippen LogP contribution in [0.15, 0.2) is 30.3 Å². The van der Waals surface area contributed by atoms with Crippen LogP contribution < -0.4 is 10.8 Å². The lowest BCUT2D eigenvalue weighted by Gasteiger charge is -2.12. The molecule has 0 aliphatic carbocycles. The molecule has 2 aromatic carbocycles. The van der Waals surface area contributed by atoms with Crippen LogP contribution >= 0.6 is 11.6 Å². The summed E-state index contributed by atoms with van der Waals surface area (Å²) in [6.07, 6.45) is -2.92. The smallest absolute Gasteiger partial charge is 0.266 e. The van der Waals surface area contributed by atoms with Crippen molar-refractivity contribution in [3.8, 4) is 0 Å². The number of hydrogen-bond acceptors (Lipinski definition) is 3. The van der Waals surface area contributed by atoms with Crippen LogP contribution in [-0.2, 0) is 6.54 Å². The van der Waals surface area contributed by atoms with E-state index in [9.17, 15) is 17.6 Å². The molecule has 3 rings (SSSR count). The zero-order valence-corrected chi connectivity index (χ0v) is 15.3. The maximum atomic E-state index is 14.1. The van der Waals surface area contributed by atoms with E-state index in [1.807, 2.05) is 13.8 Å². The second kappa shape index (κ2) is 9.04. The molecule has 3 aromatic rings. The third-order valence-corrected chi connectivity index (χ3v) is 3.75. The highest BCUT2D eigenvalue weighted by molar-refractivity contribution is 6.33. The molecule has 0 bridgehead atoms. The van der Waals surface area contributed by atoms with Gasteiger partial charge in [0.2, 0.25) is 5.28 Å². The van der Waals surface area contributed by atoms with Gasteiger partial charge in [-0.1, -0.05) is 43.6 Å². The van der Waals surface area contributed by atoms with Crippen molar-refractivity contribution >= 4 is 41.6 Å². The molecule has 0 unspecified atom stereocenters. The zero-order chi connectivity index (χ0) is 20.1. The largest absolute Gasteiger partial charge is 0.365 e. The molecule has 1 aromatic heterocycles. The van der Waals surface area contributed by atoms with Crippen LogP contribution in [0.4, 0.5) is 23.4 Å². The summed E-state index contributed by atoms with van der Waals surface area (Å²) in [6, 6.07) is 6.13. The highest BCUT2D eigenvalue weighted by Gasteiger charge is 2.16. The van der Waals surface area contributed by atoms with Crippen LogP contribution in [0.1, 0.15) is 31.4 Å². The van der Waals surface area contributed by atoms with Crippen molar-refractivity contribution in [2.45, 2.75) is 26.8 Å². The number of fused-ring (bicyclic) bond motifs is 1. The molecule has 0 saturated carbocycles. The van der Waals surface area contributed by atoms with Crippen LogP contribution in [0.25, 0.3) is 10.9 Å². The number of anilines is 1. The van der Waals surface area contributed by atoms with Gasteiger partial charge in [0.05, 0.1) is 11.1 Å². The van der Waals surface area contributed by atoms with Gasteiger partial charge >= 0.3 is 0 Å². The lowest BCUT2D eigenvalue weighted by atomic mass is 9.94. The second-order valence-electron chi connectivity index (χ2n) is 5.21. The lowest BCUT2D eigenvalue weighted by Crippen LogP contribution is -2.11. The SMILES string of the molecule is CC.[B]c1cc2c(NCc3cccc(C(F)F)c3F)nc(Cl)nc2cc1F. The van der Waals surface area contributed by atoms with E-state index in [0.29, 0.717) is 5.39 Å². The van der Waals surface area contributed by atoms with Crippen molar-refractivity contribution in [1.82, 2.24) is 9.97 Å². The molecule has 0 aliphatic heterocycles. The van der Waals surface area contributed by atoms with Crippen molar-refractivity contribution in [3.05, 3.63) is 58.4 Å². The molecule has 3 nitrogen and oxygen atoms in total. The Morgan fingerprint density at radius 1 is 1.15 bits per heavy atom. The Morgan fingerprint density at radius 3 is 2.52 bits per heavy atom. The summed E-state index contributed by atoms with van der Waals surface area (Å²) in [5.41, 5.74) is -0.574. The fourth-order valence-electron chi connectivity index (χ4n) is 2.36. The van der Waals surface area contributed by atoms with Crippen LogP contribution in [0.3, 0.4) is 0 Å². The number of nitrogens with one attached hydrogen (secondary N) is 1. The summed E-state index contributed by atoms with van der Waals surface area (Å²) in [7, 11) is 5.54. The van der Waals surface area contributed by atoms with Crippen LogP contribution in [0.5, 0.6) is 0 Å². The standard InChI is InChI=1S/C16H9BClF4N3.C2H6/c17-10-4-9-12(5-11(10)19)24-16(18)25-15(9)23-6-7-2-1-3-8(13(7)20)14(21)22;1-2/h1-5,14H,6H2,(H,23,24,25);1-2H3. The highest BCUT2D eigenvalue weighted by atomic mass is 35.5. The Hall–Kier alpha value is -2.35. The van der Waals surface area contributed by atoms with E-state index in [4.69, 9.17) is 19.4 Å². The molecule has 0 spiro atoms. The van der Waals surface area contributed by atoms with Gasteiger partial charge in [0, 0.05) is 17.5 Å². The van der Waals surface area contributed by atoms with E-state index in [0.717, 1.165) is 12.1 Å². The van der Waals surface area contributed by atoms with Crippen LogP contribution in [0, 0.1) is 11.6 Å². The quantitative estimate of drug-likeness (QED) is 0.387. The number of alkyl halides is 2. The topological polar surface area (TPSA) is 37.8 Å².